The highest BCUT2D eigenvalue weighted by Crippen LogP contribution is 2.26. The van der Waals surface area contributed by atoms with Crippen molar-refractivity contribution in [2.75, 3.05) is 38.2 Å². The predicted molar refractivity (Wildman–Crippen MR) is 114 cm³/mol. The lowest BCUT2D eigenvalue weighted by Gasteiger charge is -2.35. The molecule has 0 spiro atoms. The molecule has 160 valence electrons. The zero-order valence-electron chi connectivity index (χ0n) is 17.4. The number of amides is 1. The van der Waals surface area contributed by atoms with E-state index >= 15 is 0 Å². The Morgan fingerprint density at radius 2 is 1.74 bits per heavy atom. The minimum Gasteiger partial charge on any atom is -0.497 e. The summed E-state index contributed by atoms with van der Waals surface area (Å²) in [5.41, 5.74) is 1.33. The third-order valence-corrected chi connectivity index (χ3v) is 5.21. The average molecular weight is 422 g/mol. The molecule has 1 saturated heterocycles. The number of methoxy groups -OCH3 is 1. The highest BCUT2D eigenvalue weighted by Gasteiger charge is 2.23. The first-order valence-electron chi connectivity index (χ1n) is 9.98. The molecular formula is C23H23FN4O3. The van der Waals surface area contributed by atoms with Gasteiger partial charge in [-0.3, -0.25) is 4.79 Å². The molecule has 1 fully saturated rings. The number of carbonyl (C=O) groups excluding carboxylic acids is 1. The summed E-state index contributed by atoms with van der Waals surface area (Å²) in [5.74, 6) is 2.06. The van der Waals surface area contributed by atoms with Gasteiger partial charge in [0, 0.05) is 37.8 Å². The van der Waals surface area contributed by atoms with Crippen LogP contribution in [0.2, 0.25) is 0 Å². The number of piperazine rings is 1. The summed E-state index contributed by atoms with van der Waals surface area (Å²) < 4.78 is 24.3. The van der Waals surface area contributed by atoms with Gasteiger partial charge in [0.05, 0.1) is 7.11 Å². The van der Waals surface area contributed by atoms with E-state index in [-0.39, 0.29) is 11.7 Å². The molecule has 0 atom stereocenters. The summed E-state index contributed by atoms with van der Waals surface area (Å²) in [6, 6.07) is 13.2. The van der Waals surface area contributed by atoms with Crippen molar-refractivity contribution >= 4 is 11.7 Å². The van der Waals surface area contributed by atoms with Crippen LogP contribution in [0.4, 0.5) is 10.2 Å². The maximum atomic E-state index is 13.3. The van der Waals surface area contributed by atoms with Crippen LogP contribution in [0.1, 0.15) is 15.9 Å². The maximum absolute atomic E-state index is 13.3. The first-order chi connectivity index (χ1) is 15.0. The predicted octanol–water partition coefficient (Wildman–Crippen LogP) is 3.69. The van der Waals surface area contributed by atoms with E-state index in [9.17, 15) is 9.18 Å². The first-order valence-corrected chi connectivity index (χ1v) is 9.98. The van der Waals surface area contributed by atoms with Crippen LogP contribution in [0, 0.1) is 12.7 Å². The summed E-state index contributed by atoms with van der Waals surface area (Å²) >= 11 is 0. The van der Waals surface area contributed by atoms with Gasteiger partial charge in [0.25, 0.3) is 5.91 Å². The Bertz CT molecular complexity index is 1070. The highest BCUT2D eigenvalue weighted by molar-refractivity contribution is 5.94. The Balaban J connectivity index is 1.39. The van der Waals surface area contributed by atoms with Crippen molar-refractivity contribution in [3.8, 4) is 17.4 Å². The molecule has 8 heteroatoms. The lowest BCUT2D eigenvalue weighted by molar-refractivity contribution is 0.0746. The molecule has 0 bridgehead atoms. The number of halogens is 1. The average Bonchev–Trinajstić information content (AvgIpc) is 2.81. The molecule has 4 rings (SSSR count). The molecule has 1 aliphatic heterocycles. The van der Waals surface area contributed by atoms with Crippen LogP contribution >= 0.6 is 0 Å². The van der Waals surface area contributed by atoms with Crippen molar-refractivity contribution in [3.05, 3.63) is 71.8 Å². The van der Waals surface area contributed by atoms with Crippen LogP contribution in [-0.4, -0.2) is 54.1 Å². The molecule has 2 aromatic carbocycles. The van der Waals surface area contributed by atoms with E-state index in [2.05, 4.69) is 14.9 Å². The van der Waals surface area contributed by atoms with E-state index in [0.717, 1.165) is 11.6 Å². The molecule has 7 nitrogen and oxygen atoms in total. The molecule has 0 saturated carbocycles. The molecule has 31 heavy (non-hydrogen) atoms. The molecule has 2 heterocycles. The van der Waals surface area contributed by atoms with E-state index < -0.39 is 0 Å². The zero-order chi connectivity index (χ0) is 21.8. The second-order valence-corrected chi connectivity index (χ2v) is 7.23. The second-order valence-electron chi connectivity index (χ2n) is 7.23. The van der Waals surface area contributed by atoms with Gasteiger partial charge < -0.3 is 19.3 Å². The van der Waals surface area contributed by atoms with Crippen molar-refractivity contribution < 1.29 is 18.7 Å². The molecule has 0 aliphatic carbocycles. The summed E-state index contributed by atoms with van der Waals surface area (Å²) in [6.45, 7) is 4.24. The summed E-state index contributed by atoms with van der Waals surface area (Å²) in [5, 5.41) is 0. The van der Waals surface area contributed by atoms with Gasteiger partial charge in [0.1, 0.15) is 29.5 Å². The molecular weight excluding hydrogens is 399 g/mol. The minimum absolute atomic E-state index is 0.000739. The van der Waals surface area contributed by atoms with E-state index in [1.807, 2.05) is 4.90 Å². The largest absolute Gasteiger partial charge is 0.497 e. The number of aromatic nitrogens is 2. The Kier molecular flexibility index (Phi) is 5.97. The molecule has 0 radical (unpaired) electrons. The Labute approximate surface area is 180 Å². The van der Waals surface area contributed by atoms with Gasteiger partial charge in [0.15, 0.2) is 0 Å². The van der Waals surface area contributed by atoms with Gasteiger partial charge in [0.2, 0.25) is 5.88 Å². The quantitative estimate of drug-likeness (QED) is 0.625. The Morgan fingerprint density at radius 3 is 2.42 bits per heavy atom. The van der Waals surface area contributed by atoms with Crippen LogP contribution in [0.15, 0.2) is 54.9 Å². The SMILES string of the molecule is COc1ccc(C(=O)N2CCN(c3cc(Oc4ccc(F)cc4C)ncn3)CC2)cc1. The Hall–Kier alpha value is -3.68. The number of hydrogen-bond donors (Lipinski definition) is 0. The number of benzene rings is 2. The molecule has 1 amide bonds. The second kappa shape index (κ2) is 8.99. The minimum atomic E-state index is -0.310. The van der Waals surface area contributed by atoms with Crippen molar-refractivity contribution in [1.29, 1.82) is 0 Å². The summed E-state index contributed by atoms with van der Waals surface area (Å²) in [6.07, 6.45) is 1.44. The Morgan fingerprint density at radius 1 is 1.00 bits per heavy atom. The van der Waals surface area contributed by atoms with Crippen molar-refractivity contribution in [2.45, 2.75) is 6.92 Å². The van der Waals surface area contributed by atoms with E-state index in [1.165, 1.54) is 18.5 Å². The first kappa shape index (κ1) is 20.6. The molecule has 0 N–H and O–H groups in total. The van der Waals surface area contributed by atoms with Crippen LogP contribution in [0.5, 0.6) is 17.4 Å². The van der Waals surface area contributed by atoms with Gasteiger partial charge in [-0.2, -0.15) is 0 Å². The molecule has 0 unspecified atom stereocenters. The van der Waals surface area contributed by atoms with Gasteiger partial charge in [-0.25, -0.2) is 14.4 Å². The number of rotatable bonds is 5. The third kappa shape index (κ3) is 4.74. The number of nitrogens with zero attached hydrogens (tertiary/aromatic N) is 4. The number of anilines is 1. The zero-order valence-corrected chi connectivity index (χ0v) is 17.4. The number of hydrogen-bond acceptors (Lipinski definition) is 6. The summed E-state index contributed by atoms with van der Waals surface area (Å²) in [4.78, 5) is 25.2. The number of carbonyl (C=O) groups is 1. The van der Waals surface area contributed by atoms with Crippen LogP contribution in [0.3, 0.4) is 0 Å². The standard InChI is InChI=1S/C23H23FN4O3/c1-16-13-18(24)5-8-20(16)31-22-14-21(25-15-26-22)27-9-11-28(12-10-27)23(29)17-3-6-19(30-2)7-4-17/h3-8,13-15H,9-12H2,1-2H3. The lowest BCUT2D eigenvalue weighted by atomic mass is 10.1. The monoisotopic (exact) mass is 422 g/mol. The van der Waals surface area contributed by atoms with E-state index in [0.29, 0.717) is 48.9 Å². The van der Waals surface area contributed by atoms with Crippen molar-refractivity contribution in [3.63, 3.8) is 0 Å². The molecule has 1 aromatic heterocycles. The van der Waals surface area contributed by atoms with E-state index in [4.69, 9.17) is 9.47 Å². The van der Waals surface area contributed by atoms with Crippen LogP contribution in [0.25, 0.3) is 0 Å². The molecule has 1 aliphatic rings. The van der Waals surface area contributed by atoms with Crippen LogP contribution < -0.4 is 14.4 Å². The number of aryl methyl sites for hydroxylation is 1. The maximum Gasteiger partial charge on any atom is 0.253 e. The van der Waals surface area contributed by atoms with Gasteiger partial charge >= 0.3 is 0 Å². The van der Waals surface area contributed by atoms with Crippen molar-refractivity contribution in [2.24, 2.45) is 0 Å². The van der Waals surface area contributed by atoms with Crippen molar-refractivity contribution in [1.82, 2.24) is 14.9 Å². The van der Waals surface area contributed by atoms with Crippen LogP contribution in [-0.2, 0) is 0 Å². The normalized spacial score (nSPS) is 13.8. The fraction of sp³-hybridized carbons (Fsp3) is 0.261. The lowest BCUT2D eigenvalue weighted by Crippen LogP contribution is -2.49. The third-order valence-electron chi connectivity index (χ3n) is 5.21. The summed E-state index contributed by atoms with van der Waals surface area (Å²) in [7, 11) is 1.60. The van der Waals surface area contributed by atoms with Gasteiger partial charge in [-0.1, -0.05) is 0 Å². The van der Waals surface area contributed by atoms with E-state index in [1.54, 1.807) is 50.4 Å². The fourth-order valence-corrected chi connectivity index (χ4v) is 3.45. The smallest absolute Gasteiger partial charge is 0.253 e. The fourth-order valence-electron chi connectivity index (χ4n) is 3.45. The van der Waals surface area contributed by atoms with Gasteiger partial charge in [-0.05, 0) is 55.0 Å². The topological polar surface area (TPSA) is 67.8 Å². The number of ether oxygens (including phenoxy) is 2. The van der Waals surface area contributed by atoms with Gasteiger partial charge in [-0.15, -0.1) is 0 Å². The molecule has 3 aromatic rings. The highest BCUT2D eigenvalue weighted by atomic mass is 19.1.